The Balaban J connectivity index is 1.22. The van der Waals surface area contributed by atoms with Crippen LogP contribution in [0.3, 0.4) is 0 Å². The van der Waals surface area contributed by atoms with Crippen LogP contribution in [0.2, 0.25) is 0 Å². The maximum Gasteiger partial charge on any atom is 0.180 e. The first-order valence-electron chi connectivity index (χ1n) is 16.1. The predicted molar refractivity (Wildman–Crippen MR) is 196 cm³/mol. The smallest absolute Gasteiger partial charge is 0.180 e. The zero-order chi connectivity index (χ0) is 31.6. The summed E-state index contributed by atoms with van der Waals surface area (Å²) in [7, 11) is 0. The summed E-state index contributed by atoms with van der Waals surface area (Å²) >= 11 is 0. The highest BCUT2D eigenvalue weighted by molar-refractivity contribution is 6.18. The molecule has 10 rings (SSSR count). The summed E-state index contributed by atoms with van der Waals surface area (Å²) in [5.74, 6) is 0.643. The Hall–Kier alpha value is -6.52. The number of aromatic nitrogens is 2. The molecule has 0 unspecified atom stereocenters. The van der Waals surface area contributed by atoms with Crippen LogP contribution >= 0.6 is 0 Å². The monoisotopic (exact) mass is 614 g/mol. The first-order chi connectivity index (χ1) is 23.8. The lowest BCUT2D eigenvalue weighted by molar-refractivity contribution is 0.667. The SMILES string of the molecule is c1ccc(-c2ccc(-c3nc(-c4cccc5oc6c(-c7cccc8ccccc78)cccc6c45)c4oc5ccccc5c4n3)cc2)cc1. The van der Waals surface area contributed by atoms with Crippen LogP contribution in [0.25, 0.3) is 99.7 Å². The standard InChI is InChI=1S/C44H26N2O2/c1-2-11-27(12-3-1)28-23-25-30(26-24-28)44-45-40-34-16-6-7-21-37(34)47-43(40)41(46-44)35-19-10-22-38-39(35)36-20-9-18-33(42(36)48-38)32-17-8-14-29-13-4-5-15-31(29)32/h1-26H. The van der Waals surface area contributed by atoms with Gasteiger partial charge in [-0.25, -0.2) is 9.97 Å². The van der Waals surface area contributed by atoms with Crippen molar-refractivity contribution in [1.82, 2.24) is 9.97 Å². The summed E-state index contributed by atoms with van der Waals surface area (Å²) in [6.07, 6.45) is 0. The molecular formula is C44H26N2O2. The number of nitrogens with zero attached hydrogens (tertiary/aromatic N) is 2. The summed E-state index contributed by atoms with van der Waals surface area (Å²) < 4.78 is 13.2. The van der Waals surface area contributed by atoms with Crippen molar-refractivity contribution in [3.8, 4) is 44.9 Å². The average Bonchev–Trinajstić information content (AvgIpc) is 3.73. The van der Waals surface area contributed by atoms with Gasteiger partial charge in [0, 0.05) is 32.8 Å². The Bertz CT molecular complexity index is 2820. The fourth-order valence-corrected chi connectivity index (χ4v) is 7.06. The Labute approximate surface area is 275 Å². The van der Waals surface area contributed by atoms with Crippen LogP contribution in [0.4, 0.5) is 0 Å². The zero-order valence-corrected chi connectivity index (χ0v) is 25.7. The van der Waals surface area contributed by atoms with Crippen LogP contribution in [0.5, 0.6) is 0 Å². The van der Waals surface area contributed by atoms with E-state index >= 15 is 0 Å². The van der Waals surface area contributed by atoms with E-state index in [0.717, 1.165) is 71.9 Å². The molecule has 0 aliphatic carbocycles. The zero-order valence-electron chi connectivity index (χ0n) is 25.7. The molecule has 0 aliphatic heterocycles. The molecular weight excluding hydrogens is 588 g/mol. The third kappa shape index (κ3) is 4.10. The molecule has 0 spiro atoms. The largest absolute Gasteiger partial charge is 0.455 e. The van der Waals surface area contributed by atoms with E-state index in [9.17, 15) is 0 Å². The summed E-state index contributed by atoms with van der Waals surface area (Å²) in [4.78, 5) is 10.4. The van der Waals surface area contributed by atoms with E-state index < -0.39 is 0 Å². The van der Waals surface area contributed by atoms with E-state index in [0.29, 0.717) is 11.4 Å². The molecule has 48 heavy (non-hydrogen) atoms. The van der Waals surface area contributed by atoms with Crippen molar-refractivity contribution in [3.63, 3.8) is 0 Å². The van der Waals surface area contributed by atoms with E-state index in [-0.39, 0.29) is 0 Å². The molecule has 7 aromatic carbocycles. The van der Waals surface area contributed by atoms with Gasteiger partial charge in [-0.2, -0.15) is 0 Å². The van der Waals surface area contributed by atoms with Crippen molar-refractivity contribution in [1.29, 1.82) is 0 Å². The molecule has 0 N–H and O–H groups in total. The maximum absolute atomic E-state index is 6.72. The predicted octanol–water partition coefficient (Wildman–Crippen LogP) is 12.1. The first-order valence-corrected chi connectivity index (χ1v) is 16.1. The second-order valence-corrected chi connectivity index (χ2v) is 12.1. The van der Waals surface area contributed by atoms with Gasteiger partial charge in [-0.05, 0) is 45.7 Å². The third-order valence-electron chi connectivity index (χ3n) is 9.33. The lowest BCUT2D eigenvalue weighted by Gasteiger charge is -2.09. The van der Waals surface area contributed by atoms with E-state index in [1.54, 1.807) is 0 Å². The molecule has 10 aromatic rings. The maximum atomic E-state index is 6.72. The van der Waals surface area contributed by atoms with Gasteiger partial charge in [-0.15, -0.1) is 0 Å². The van der Waals surface area contributed by atoms with E-state index in [1.165, 1.54) is 16.3 Å². The normalized spacial score (nSPS) is 11.8. The van der Waals surface area contributed by atoms with Gasteiger partial charge in [-0.3, -0.25) is 0 Å². The highest BCUT2D eigenvalue weighted by Gasteiger charge is 2.23. The molecule has 224 valence electrons. The molecule has 3 aromatic heterocycles. The number of fused-ring (bicyclic) bond motifs is 7. The molecule has 0 aliphatic rings. The summed E-state index contributed by atoms with van der Waals surface area (Å²) in [5, 5.41) is 5.38. The van der Waals surface area contributed by atoms with E-state index in [1.807, 2.05) is 36.4 Å². The highest BCUT2D eigenvalue weighted by Crippen LogP contribution is 2.44. The van der Waals surface area contributed by atoms with Gasteiger partial charge in [0.05, 0.1) is 0 Å². The van der Waals surface area contributed by atoms with Crippen LogP contribution < -0.4 is 0 Å². The van der Waals surface area contributed by atoms with Gasteiger partial charge in [0.15, 0.2) is 11.4 Å². The molecule has 0 bridgehead atoms. The Morgan fingerprint density at radius 2 is 0.979 bits per heavy atom. The average molecular weight is 615 g/mol. The van der Waals surface area contributed by atoms with Crippen LogP contribution in [0, 0.1) is 0 Å². The van der Waals surface area contributed by atoms with Gasteiger partial charge >= 0.3 is 0 Å². The van der Waals surface area contributed by atoms with Crippen molar-refractivity contribution in [2.45, 2.75) is 0 Å². The van der Waals surface area contributed by atoms with Gasteiger partial charge in [0.1, 0.15) is 28.0 Å². The number of furan rings is 2. The fraction of sp³-hybridized carbons (Fsp3) is 0. The highest BCUT2D eigenvalue weighted by atomic mass is 16.3. The minimum Gasteiger partial charge on any atom is -0.455 e. The topological polar surface area (TPSA) is 52.1 Å². The Morgan fingerprint density at radius 1 is 0.375 bits per heavy atom. The molecule has 0 radical (unpaired) electrons. The third-order valence-corrected chi connectivity index (χ3v) is 9.33. The van der Waals surface area contributed by atoms with Crippen molar-refractivity contribution in [2.75, 3.05) is 0 Å². The van der Waals surface area contributed by atoms with Gasteiger partial charge < -0.3 is 8.83 Å². The lowest BCUT2D eigenvalue weighted by Crippen LogP contribution is -1.94. The van der Waals surface area contributed by atoms with E-state index in [2.05, 4.69) is 121 Å². The van der Waals surface area contributed by atoms with Gasteiger partial charge in [-0.1, -0.05) is 140 Å². The van der Waals surface area contributed by atoms with Gasteiger partial charge in [0.25, 0.3) is 0 Å². The molecule has 0 fully saturated rings. The number of para-hydroxylation sites is 2. The van der Waals surface area contributed by atoms with Crippen molar-refractivity contribution in [2.24, 2.45) is 0 Å². The lowest BCUT2D eigenvalue weighted by atomic mass is 9.95. The Kier molecular flexibility index (Phi) is 5.84. The Morgan fingerprint density at radius 3 is 1.88 bits per heavy atom. The number of hydrogen-bond acceptors (Lipinski definition) is 4. The molecule has 3 heterocycles. The quantitative estimate of drug-likeness (QED) is 0.198. The van der Waals surface area contributed by atoms with Gasteiger partial charge in [0.2, 0.25) is 0 Å². The molecule has 0 amide bonds. The van der Waals surface area contributed by atoms with Crippen LogP contribution in [0.15, 0.2) is 167 Å². The summed E-state index contributed by atoms with van der Waals surface area (Å²) in [6, 6.07) is 54.4. The van der Waals surface area contributed by atoms with Crippen LogP contribution in [-0.4, -0.2) is 9.97 Å². The molecule has 0 saturated carbocycles. The van der Waals surface area contributed by atoms with Crippen molar-refractivity contribution < 1.29 is 8.83 Å². The summed E-state index contributed by atoms with van der Waals surface area (Å²) in [6.45, 7) is 0. The fourth-order valence-electron chi connectivity index (χ4n) is 7.06. The van der Waals surface area contributed by atoms with Crippen LogP contribution in [0.1, 0.15) is 0 Å². The summed E-state index contributed by atoms with van der Waals surface area (Å²) in [5.41, 5.74) is 11.0. The van der Waals surface area contributed by atoms with Crippen LogP contribution in [-0.2, 0) is 0 Å². The van der Waals surface area contributed by atoms with E-state index in [4.69, 9.17) is 18.8 Å². The minimum atomic E-state index is 0.643. The molecule has 0 saturated heterocycles. The minimum absolute atomic E-state index is 0.643. The second-order valence-electron chi connectivity index (χ2n) is 12.1. The first kappa shape index (κ1) is 26.7. The second kappa shape index (κ2) is 10.5. The molecule has 4 heteroatoms. The number of rotatable bonds is 4. The molecule has 4 nitrogen and oxygen atoms in total. The van der Waals surface area contributed by atoms with Crippen molar-refractivity contribution >= 4 is 54.8 Å². The molecule has 0 atom stereocenters. The number of benzene rings is 7. The van der Waals surface area contributed by atoms with Crippen molar-refractivity contribution in [3.05, 3.63) is 158 Å². The number of hydrogen-bond donors (Lipinski definition) is 0.